The Balaban J connectivity index is 1.10. The van der Waals surface area contributed by atoms with E-state index in [0.717, 1.165) is 82.5 Å². The zero-order chi connectivity index (χ0) is 36.0. The molecule has 8 aromatic carbocycles. The number of fused-ring (bicyclic) bond motifs is 10. The lowest BCUT2D eigenvalue weighted by atomic mass is 9.97. The van der Waals surface area contributed by atoms with E-state index in [1.54, 1.807) is 0 Å². The molecule has 4 heterocycles. The number of benzene rings is 8. The number of thiophene rings is 1. The highest BCUT2D eigenvalue weighted by Crippen LogP contribution is 2.44. The lowest BCUT2D eigenvalue weighted by molar-refractivity contribution is 0.669. The maximum Gasteiger partial charge on any atom is 0.164 e. The van der Waals surface area contributed by atoms with Crippen molar-refractivity contribution < 1.29 is 8.83 Å². The maximum atomic E-state index is 6.75. The van der Waals surface area contributed by atoms with Gasteiger partial charge in [-0.3, -0.25) is 0 Å². The summed E-state index contributed by atoms with van der Waals surface area (Å²) >= 11 is 1.82. The van der Waals surface area contributed by atoms with Crippen molar-refractivity contribution in [2.45, 2.75) is 0 Å². The van der Waals surface area contributed by atoms with E-state index in [1.165, 1.54) is 20.2 Å². The van der Waals surface area contributed by atoms with Crippen LogP contribution in [0.3, 0.4) is 0 Å². The number of aromatic nitrogens is 3. The van der Waals surface area contributed by atoms with Crippen molar-refractivity contribution in [3.8, 4) is 45.3 Å². The summed E-state index contributed by atoms with van der Waals surface area (Å²) in [4.78, 5) is 15.6. The fraction of sp³-hybridized carbons (Fsp3) is 0. The molecule has 0 bridgehead atoms. The second-order valence-electron chi connectivity index (χ2n) is 13.9. The van der Waals surface area contributed by atoms with Crippen molar-refractivity contribution in [3.05, 3.63) is 164 Å². The molecule has 12 aromatic rings. The van der Waals surface area contributed by atoms with Gasteiger partial charge in [-0.2, -0.15) is 0 Å². The summed E-state index contributed by atoms with van der Waals surface area (Å²) in [6, 6.07) is 56.9. The maximum absolute atomic E-state index is 6.75. The van der Waals surface area contributed by atoms with Crippen LogP contribution in [0, 0.1) is 0 Å². The Morgan fingerprint density at radius 1 is 0.364 bits per heavy atom. The molecule has 0 amide bonds. The first-order chi connectivity index (χ1) is 27.2. The minimum atomic E-state index is 0.577. The van der Waals surface area contributed by atoms with Gasteiger partial charge in [0.1, 0.15) is 22.3 Å². The van der Waals surface area contributed by atoms with E-state index < -0.39 is 0 Å². The van der Waals surface area contributed by atoms with Gasteiger partial charge in [0.2, 0.25) is 0 Å². The third-order valence-electron chi connectivity index (χ3n) is 10.7. The predicted octanol–water partition coefficient (Wildman–Crippen LogP) is 13.9. The standard InChI is InChI=1S/C49H27N3O2S/c1-2-10-29-25-31(18-17-28(29)9-1)47-50-48(32-20-24-42-39(26-32)34-11-3-6-14-40(34)53-42)52-49(51-47)38-23-22-33(46-45(38)37-13-4-7-15-41(37)54-46)30-19-21-36-35-12-5-8-16-43(35)55-44(36)27-30/h1-27H. The zero-order valence-corrected chi connectivity index (χ0v) is 30.0. The second kappa shape index (κ2) is 11.7. The molecule has 0 spiro atoms. The van der Waals surface area contributed by atoms with Crippen molar-refractivity contribution >= 4 is 86.2 Å². The molecular formula is C49H27N3O2S. The first-order valence-electron chi connectivity index (χ1n) is 18.3. The van der Waals surface area contributed by atoms with E-state index in [4.69, 9.17) is 23.8 Å². The summed E-state index contributed by atoms with van der Waals surface area (Å²) in [6.07, 6.45) is 0. The molecule has 5 nitrogen and oxygen atoms in total. The molecule has 0 unspecified atom stereocenters. The van der Waals surface area contributed by atoms with Gasteiger partial charge in [0.05, 0.1) is 0 Å². The Morgan fingerprint density at radius 3 is 1.85 bits per heavy atom. The van der Waals surface area contributed by atoms with Crippen molar-refractivity contribution in [2.75, 3.05) is 0 Å². The Labute approximate surface area is 317 Å². The summed E-state index contributed by atoms with van der Waals surface area (Å²) in [6.45, 7) is 0. The van der Waals surface area contributed by atoms with Crippen LogP contribution >= 0.6 is 11.3 Å². The summed E-state index contributed by atoms with van der Waals surface area (Å²) in [5, 5.41) is 8.89. The molecule has 0 radical (unpaired) electrons. The number of rotatable bonds is 4. The van der Waals surface area contributed by atoms with Crippen LogP contribution in [0.25, 0.3) is 120 Å². The van der Waals surface area contributed by atoms with E-state index in [2.05, 4.69) is 121 Å². The highest BCUT2D eigenvalue weighted by molar-refractivity contribution is 7.25. The third-order valence-corrected chi connectivity index (χ3v) is 11.9. The Kier molecular flexibility index (Phi) is 6.44. The molecule has 4 aromatic heterocycles. The van der Waals surface area contributed by atoms with Crippen molar-refractivity contribution in [3.63, 3.8) is 0 Å². The largest absolute Gasteiger partial charge is 0.456 e. The van der Waals surface area contributed by atoms with Crippen LogP contribution in [-0.4, -0.2) is 15.0 Å². The van der Waals surface area contributed by atoms with Gasteiger partial charge in [-0.15, -0.1) is 11.3 Å². The fourth-order valence-corrected chi connectivity index (χ4v) is 9.23. The van der Waals surface area contributed by atoms with Crippen LogP contribution in [0.2, 0.25) is 0 Å². The van der Waals surface area contributed by atoms with Gasteiger partial charge in [-0.05, 0) is 77.0 Å². The monoisotopic (exact) mass is 721 g/mol. The number of para-hydroxylation sites is 2. The summed E-state index contributed by atoms with van der Waals surface area (Å²) < 4.78 is 15.5. The van der Waals surface area contributed by atoms with E-state index in [-0.39, 0.29) is 0 Å². The molecular weight excluding hydrogens is 695 g/mol. The van der Waals surface area contributed by atoms with E-state index in [0.29, 0.717) is 17.5 Å². The van der Waals surface area contributed by atoms with Crippen LogP contribution < -0.4 is 0 Å². The normalized spacial score (nSPS) is 12.0. The molecule has 0 fully saturated rings. The lowest BCUT2D eigenvalue weighted by Crippen LogP contribution is -2.00. The molecule has 0 N–H and O–H groups in total. The van der Waals surface area contributed by atoms with Gasteiger partial charge < -0.3 is 8.83 Å². The van der Waals surface area contributed by atoms with Gasteiger partial charge in [0.15, 0.2) is 17.5 Å². The topological polar surface area (TPSA) is 65.0 Å². The number of furan rings is 2. The van der Waals surface area contributed by atoms with Crippen molar-refractivity contribution in [1.82, 2.24) is 15.0 Å². The Morgan fingerprint density at radius 2 is 0.982 bits per heavy atom. The van der Waals surface area contributed by atoms with Crippen LogP contribution in [0.1, 0.15) is 0 Å². The van der Waals surface area contributed by atoms with Crippen molar-refractivity contribution in [1.29, 1.82) is 0 Å². The molecule has 256 valence electrons. The lowest BCUT2D eigenvalue weighted by Gasteiger charge is -2.11. The average molecular weight is 722 g/mol. The van der Waals surface area contributed by atoms with Crippen LogP contribution in [-0.2, 0) is 0 Å². The van der Waals surface area contributed by atoms with Gasteiger partial charge >= 0.3 is 0 Å². The van der Waals surface area contributed by atoms with E-state index in [9.17, 15) is 0 Å². The van der Waals surface area contributed by atoms with E-state index >= 15 is 0 Å². The van der Waals surface area contributed by atoms with Crippen LogP contribution in [0.5, 0.6) is 0 Å². The molecule has 0 aliphatic rings. The smallest absolute Gasteiger partial charge is 0.164 e. The SMILES string of the molecule is c1ccc2cc(-c3nc(-c4ccc5oc6ccccc6c5c4)nc(-c4ccc(-c5ccc6c(c5)sc5ccccc56)c5oc6ccccc6c45)n3)ccc2c1. The molecule has 6 heteroatoms. The molecule has 12 rings (SSSR count). The predicted molar refractivity (Wildman–Crippen MR) is 227 cm³/mol. The van der Waals surface area contributed by atoms with Gasteiger partial charge in [-0.25, -0.2) is 15.0 Å². The first-order valence-corrected chi connectivity index (χ1v) is 19.1. The number of hydrogen-bond acceptors (Lipinski definition) is 6. The van der Waals surface area contributed by atoms with Crippen LogP contribution in [0.4, 0.5) is 0 Å². The number of nitrogens with zero attached hydrogens (tertiary/aromatic N) is 3. The minimum Gasteiger partial charge on any atom is -0.456 e. The molecule has 55 heavy (non-hydrogen) atoms. The van der Waals surface area contributed by atoms with Crippen LogP contribution in [0.15, 0.2) is 173 Å². The zero-order valence-electron chi connectivity index (χ0n) is 29.2. The average Bonchev–Trinajstić information content (AvgIpc) is 3.94. The summed E-state index contributed by atoms with van der Waals surface area (Å²) in [7, 11) is 0. The Hall–Kier alpha value is -7.15. The summed E-state index contributed by atoms with van der Waals surface area (Å²) in [5.74, 6) is 1.76. The second-order valence-corrected chi connectivity index (χ2v) is 15.0. The quantitative estimate of drug-likeness (QED) is 0.181. The van der Waals surface area contributed by atoms with E-state index in [1.807, 2.05) is 53.8 Å². The fourth-order valence-electron chi connectivity index (χ4n) is 8.08. The van der Waals surface area contributed by atoms with Gasteiger partial charge in [0.25, 0.3) is 0 Å². The highest BCUT2D eigenvalue weighted by atomic mass is 32.1. The molecule has 0 atom stereocenters. The Bertz CT molecular complexity index is 3520. The van der Waals surface area contributed by atoms with Gasteiger partial charge in [-0.1, -0.05) is 103 Å². The molecule has 0 aliphatic heterocycles. The van der Waals surface area contributed by atoms with Crippen molar-refractivity contribution in [2.24, 2.45) is 0 Å². The highest BCUT2D eigenvalue weighted by Gasteiger charge is 2.22. The third kappa shape index (κ3) is 4.75. The molecule has 0 saturated heterocycles. The number of hydrogen-bond donors (Lipinski definition) is 0. The molecule has 0 saturated carbocycles. The van der Waals surface area contributed by atoms with Gasteiger partial charge in [0, 0.05) is 64.0 Å². The molecule has 0 aliphatic carbocycles. The first kappa shape index (κ1) is 30.3. The summed E-state index contributed by atoms with van der Waals surface area (Å²) in [5.41, 5.74) is 8.10. The minimum absolute atomic E-state index is 0.577.